The topological polar surface area (TPSA) is 85.4 Å². The summed E-state index contributed by atoms with van der Waals surface area (Å²) in [6.45, 7) is 5.32. The van der Waals surface area contributed by atoms with Crippen LogP contribution in [0.5, 0.6) is 11.5 Å². The lowest BCUT2D eigenvalue weighted by atomic mass is 9.93. The van der Waals surface area contributed by atoms with Gasteiger partial charge < -0.3 is 20.1 Å². The molecule has 0 spiro atoms. The molecule has 0 fully saturated rings. The summed E-state index contributed by atoms with van der Waals surface area (Å²) < 4.78 is 12.9. The first kappa shape index (κ1) is 33.5. The van der Waals surface area contributed by atoms with Crippen molar-refractivity contribution < 1.29 is 14.3 Å². The molecule has 2 N–H and O–H groups in total. The van der Waals surface area contributed by atoms with Gasteiger partial charge in [0.15, 0.2) is 11.5 Å². The number of carbonyl (C=O) groups excluding carboxylic acids is 1. The van der Waals surface area contributed by atoms with Crippen LogP contribution < -0.4 is 20.1 Å². The molecule has 1 aliphatic rings. The molecule has 1 amide bonds. The third-order valence-electron chi connectivity index (χ3n) is 9.05. The number of amides is 1. The zero-order valence-electron chi connectivity index (χ0n) is 27.9. The summed E-state index contributed by atoms with van der Waals surface area (Å²) in [5.74, 6) is 3.04. The predicted molar refractivity (Wildman–Crippen MR) is 197 cm³/mol. The Balaban J connectivity index is 0.937. The molecule has 0 radical (unpaired) electrons. The quantitative estimate of drug-likeness (QED) is 0.106. The van der Waals surface area contributed by atoms with Crippen molar-refractivity contribution in [2.24, 2.45) is 0 Å². The van der Waals surface area contributed by atoms with E-state index in [0.29, 0.717) is 36.9 Å². The number of ether oxygens (including phenoxy) is 2. The van der Waals surface area contributed by atoms with Gasteiger partial charge in [0.2, 0.25) is 5.91 Å². The molecule has 5 aromatic rings. The smallest absolute Gasteiger partial charge is 0.220 e. The van der Waals surface area contributed by atoms with Gasteiger partial charge in [-0.15, -0.1) is 0 Å². The number of anilines is 1. The summed E-state index contributed by atoms with van der Waals surface area (Å²) in [6, 6.07) is 29.1. The highest BCUT2D eigenvalue weighted by Crippen LogP contribution is 2.46. The van der Waals surface area contributed by atoms with Crippen LogP contribution in [0.4, 0.5) is 5.82 Å². The van der Waals surface area contributed by atoms with Crippen molar-refractivity contribution in [1.82, 2.24) is 15.3 Å². The Labute approximate surface area is 291 Å². The first-order valence-electron chi connectivity index (χ1n) is 16.9. The fraction of sp³-hybridized carbons (Fsp3) is 0.325. The standard InChI is InChI=1S/C40H43BrN4O3/c1-26(28-14-13-15-29(41)22-28)43-40-35-23-37(47-3)38(25-36(35)44-27(2)45-40)48-21-12-6-4-5-11-20-42-39(46)24-34-32-18-9-7-16-30(32)31-17-8-10-19-33(31)34/h7-10,13-19,22-23,25-26,34H,4-6,11-12,20-21,24H2,1-3H3,(H,42,46)(H,43,44,45)/t26-/m1/s1. The van der Waals surface area contributed by atoms with Gasteiger partial charge in [0.05, 0.1) is 25.3 Å². The second-order valence-electron chi connectivity index (χ2n) is 12.5. The van der Waals surface area contributed by atoms with E-state index in [1.165, 1.54) is 22.3 Å². The molecule has 4 aromatic carbocycles. The number of aromatic nitrogens is 2. The van der Waals surface area contributed by atoms with Crippen molar-refractivity contribution in [3.63, 3.8) is 0 Å². The summed E-state index contributed by atoms with van der Waals surface area (Å²) in [7, 11) is 1.66. The molecular formula is C40H43BrN4O3. The van der Waals surface area contributed by atoms with Crippen LogP contribution in [0.2, 0.25) is 0 Å². The summed E-state index contributed by atoms with van der Waals surface area (Å²) in [6.07, 6.45) is 5.61. The number of nitrogens with one attached hydrogen (secondary N) is 2. The number of fused-ring (bicyclic) bond motifs is 4. The Morgan fingerprint density at radius 1 is 0.854 bits per heavy atom. The van der Waals surface area contributed by atoms with Gasteiger partial charge in [-0.1, -0.05) is 95.9 Å². The third-order valence-corrected chi connectivity index (χ3v) is 9.54. The number of unbranched alkanes of at least 4 members (excludes halogenated alkanes) is 4. The maximum absolute atomic E-state index is 12.9. The Morgan fingerprint density at radius 3 is 2.29 bits per heavy atom. The first-order chi connectivity index (χ1) is 23.4. The number of nitrogens with zero attached hydrogens (tertiary/aromatic N) is 2. The highest BCUT2D eigenvalue weighted by molar-refractivity contribution is 9.10. The number of rotatable bonds is 15. The molecular weight excluding hydrogens is 664 g/mol. The molecule has 7 nitrogen and oxygen atoms in total. The molecule has 48 heavy (non-hydrogen) atoms. The monoisotopic (exact) mass is 706 g/mol. The zero-order valence-corrected chi connectivity index (χ0v) is 29.5. The average molecular weight is 708 g/mol. The molecule has 0 saturated heterocycles. The predicted octanol–water partition coefficient (Wildman–Crippen LogP) is 9.53. The van der Waals surface area contributed by atoms with Crippen LogP contribution in [-0.4, -0.2) is 36.1 Å². The highest BCUT2D eigenvalue weighted by atomic mass is 79.9. The molecule has 8 heteroatoms. The first-order valence-corrected chi connectivity index (χ1v) is 17.7. The van der Waals surface area contributed by atoms with Gasteiger partial charge in [-0.2, -0.15) is 0 Å². The van der Waals surface area contributed by atoms with E-state index in [2.05, 4.69) is 99.1 Å². The van der Waals surface area contributed by atoms with Crippen molar-refractivity contribution in [3.05, 3.63) is 112 Å². The van der Waals surface area contributed by atoms with E-state index < -0.39 is 0 Å². The van der Waals surface area contributed by atoms with Crippen LogP contribution in [0, 0.1) is 6.92 Å². The molecule has 1 heterocycles. The minimum absolute atomic E-state index is 0.0476. The molecule has 1 aliphatic carbocycles. The summed E-state index contributed by atoms with van der Waals surface area (Å²) in [5.41, 5.74) is 6.98. The Kier molecular flexibility index (Phi) is 10.9. The van der Waals surface area contributed by atoms with Crippen LogP contribution in [0.1, 0.15) is 79.9 Å². The van der Waals surface area contributed by atoms with Gasteiger partial charge in [-0.05, 0) is 72.7 Å². The highest BCUT2D eigenvalue weighted by Gasteiger charge is 2.29. The van der Waals surface area contributed by atoms with Crippen LogP contribution in [-0.2, 0) is 4.79 Å². The van der Waals surface area contributed by atoms with E-state index in [1.54, 1.807) is 7.11 Å². The number of hydrogen-bond acceptors (Lipinski definition) is 6. The van der Waals surface area contributed by atoms with Crippen LogP contribution in [0.15, 0.2) is 89.4 Å². The fourth-order valence-electron chi connectivity index (χ4n) is 6.60. The van der Waals surface area contributed by atoms with Gasteiger partial charge in [-0.25, -0.2) is 9.97 Å². The fourth-order valence-corrected chi connectivity index (χ4v) is 7.02. The third kappa shape index (κ3) is 7.81. The number of hydrogen-bond donors (Lipinski definition) is 2. The van der Waals surface area contributed by atoms with Gasteiger partial charge in [0.1, 0.15) is 11.6 Å². The number of carbonyl (C=O) groups is 1. The lowest BCUT2D eigenvalue weighted by Gasteiger charge is -2.18. The minimum atomic E-state index is 0.0476. The van der Waals surface area contributed by atoms with Crippen molar-refractivity contribution in [3.8, 4) is 22.6 Å². The summed E-state index contributed by atoms with van der Waals surface area (Å²) in [5, 5.41) is 7.60. The largest absolute Gasteiger partial charge is 0.493 e. The number of methoxy groups -OCH3 is 1. The summed E-state index contributed by atoms with van der Waals surface area (Å²) in [4.78, 5) is 22.3. The second kappa shape index (κ2) is 15.6. The van der Waals surface area contributed by atoms with E-state index in [1.807, 2.05) is 31.2 Å². The lowest BCUT2D eigenvalue weighted by Crippen LogP contribution is -2.26. The van der Waals surface area contributed by atoms with Crippen LogP contribution >= 0.6 is 15.9 Å². The van der Waals surface area contributed by atoms with Crippen LogP contribution in [0.25, 0.3) is 22.0 Å². The van der Waals surface area contributed by atoms with Crippen molar-refractivity contribution in [1.29, 1.82) is 0 Å². The number of halogens is 1. The molecule has 0 bridgehead atoms. The molecule has 0 aliphatic heterocycles. The van der Waals surface area contributed by atoms with E-state index in [0.717, 1.165) is 58.9 Å². The molecule has 6 rings (SSSR count). The van der Waals surface area contributed by atoms with Gasteiger partial charge >= 0.3 is 0 Å². The Bertz CT molecular complexity index is 1850. The molecule has 0 unspecified atom stereocenters. The zero-order chi connectivity index (χ0) is 33.5. The van der Waals surface area contributed by atoms with E-state index in [9.17, 15) is 4.79 Å². The second-order valence-corrected chi connectivity index (χ2v) is 13.4. The molecule has 1 atom stereocenters. The van der Waals surface area contributed by atoms with Crippen molar-refractivity contribution in [2.45, 2.75) is 64.3 Å². The summed E-state index contributed by atoms with van der Waals surface area (Å²) >= 11 is 3.57. The van der Waals surface area contributed by atoms with Gasteiger partial charge in [0.25, 0.3) is 0 Å². The maximum atomic E-state index is 12.9. The van der Waals surface area contributed by atoms with E-state index in [4.69, 9.17) is 14.5 Å². The molecule has 0 saturated carbocycles. The van der Waals surface area contributed by atoms with E-state index in [-0.39, 0.29) is 17.9 Å². The normalized spacial score (nSPS) is 12.8. The SMILES string of the molecule is COc1cc2c(N[C@H](C)c3cccc(Br)c3)nc(C)nc2cc1OCCCCCCCNC(=O)CC1c2ccccc2-c2ccccc21. The number of aryl methyl sites for hydroxylation is 1. The maximum Gasteiger partial charge on any atom is 0.220 e. The van der Waals surface area contributed by atoms with Gasteiger partial charge in [-0.3, -0.25) is 4.79 Å². The van der Waals surface area contributed by atoms with Crippen molar-refractivity contribution in [2.75, 3.05) is 25.6 Å². The lowest BCUT2D eigenvalue weighted by molar-refractivity contribution is -0.121. The number of benzene rings is 4. The Hall–Kier alpha value is -4.43. The van der Waals surface area contributed by atoms with Crippen LogP contribution in [0.3, 0.4) is 0 Å². The molecule has 248 valence electrons. The van der Waals surface area contributed by atoms with E-state index >= 15 is 0 Å². The molecule has 1 aromatic heterocycles. The Morgan fingerprint density at radius 2 is 1.56 bits per heavy atom. The minimum Gasteiger partial charge on any atom is -0.493 e. The average Bonchev–Trinajstić information content (AvgIpc) is 3.40. The van der Waals surface area contributed by atoms with Crippen molar-refractivity contribution >= 4 is 38.6 Å². The van der Waals surface area contributed by atoms with Gasteiger partial charge in [0, 0.05) is 34.8 Å².